The van der Waals surface area contributed by atoms with Gasteiger partial charge in [0.25, 0.3) is 0 Å². The van der Waals surface area contributed by atoms with Gasteiger partial charge >= 0.3 is 5.97 Å². The molecule has 4 unspecified atom stereocenters. The van der Waals surface area contributed by atoms with Gasteiger partial charge in [0.2, 0.25) is 0 Å². The van der Waals surface area contributed by atoms with Crippen LogP contribution in [-0.2, 0) is 20.8 Å². The number of benzene rings is 1. The highest BCUT2D eigenvalue weighted by Crippen LogP contribution is 2.39. The number of esters is 1. The SMILES string of the molecule is CC1(COC(=O)C2CC3CCC2O3)CCCCN1Cc1ccccc1. The summed E-state index contributed by atoms with van der Waals surface area (Å²) in [5.41, 5.74) is 1.26. The number of carbonyl (C=O) groups is 1. The number of rotatable bonds is 5. The van der Waals surface area contributed by atoms with E-state index < -0.39 is 0 Å². The third-order valence-corrected chi connectivity index (χ3v) is 6.31. The third kappa shape index (κ3) is 3.61. The molecule has 0 aromatic heterocycles. The molecule has 0 N–H and O–H groups in total. The Morgan fingerprint density at radius 1 is 1.28 bits per heavy atom. The summed E-state index contributed by atoms with van der Waals surface area (Å²) < 4.78 is 11.6. The van der Waals surface area contributed by atoms with Crippen molar-refractivity contribution in [2.24, 2.45) is 5.92 Å². The second-order valence-corrected chi connectivity index (χ2v) is 8.19. The molecule has 1 aromatic carbocycles. The summed E-state index contributed by atoms with van der Waals surface area (Å²) in [5, 5.41) is 0. The molecule has 4 heteroatoms. The Hall–Kier alpha value is -1.39. The van der Waals surface area contributed by atoms with Crippen molar-refractivity contribution in [2.75, 3.05) is 13.2 Å². The minimum atomic E-state index is -0.0672. The molecule has 2 bridgehead atoms. The smallest absolute Gasteiger partial charge is 0.311 e. The average molecular weight is 343 g/mol. The number of carbonyl (C=O) groups excluding carboxylic acids is 1. The monoisotopic (exact) mass is 343 g/mol. The maximum absolute atomic E-state index is 12.6. The zero-order valence-corrected chi connectivity index (χ0v) is 15.2. The lowest BCUT2D eigenvalue weighted by atomic mass is 9.87. The fourth-order valence-electron chi connectivity index (χ4n) is 4.69. The van der Waals surface area contributed by atoms with Crippen molar-refractivity contribution in [3.8, 4) is 0 Å². The van der Waals surface area contributed by atoms with E-state index in [9.17, 15) is 4.79 Å². The molecule has 4 nitrogen and oxygen atoms in total. The van der Waals surface area contributed by atoms with Gasteiger partial charge < -0.3 is 9.47 Å². The summed E-state index contributed by atoms with van der Waals surface area (Å²) >= 11 is 0. The van der Waals surface area contributed by atoms with Crippen molar-refractivity contribution < 1.29 is 14.3 Å². The van der Waals surface area contributed by atoms with Gasteiger partial charge in [0.15, 0.2) is 0 Å². The zero-order valence-electron chi connectivity index (χ0n) is 15.2. The predicted octanol–water partition coefficient (Wildman–Crippen LogP) is 3.54. The molecule has 3 aliphatic heterocycles. The molecule has 0 aliphatic carbocycles. The maximum atomic E-state index is 12.6. The minimum absolute atomic E-state index is 0.0338. The molecule has 4 rings (SSSR count). The van der Waals surface area contributed by atoms with Crippen LogP contribution >= 0.6 is 0 Å². The van der Waals surface area contributed by atoms with Crippen molar-refractivity contribution in [1.82, 2.24) is 4.90 Å². The highest BCUT2D eigenvalue weighted by molar-refractivity contribution is 5.73. The normalized spacial score (nSPS) is 35.0. The number of hydrogen-bond acceptors (Lipinski definition) is 4. The van der Waals surface area contributed by atoms with Gasteiger partial charge in [-0.3, -0.25) is 9.69 Å². The van der Waals surface area contributed by atoms with E-state index in [0.29, 0.717) is 12.7 Å². The first kappa shape index (κ1) is 17.0. The second kappa shape index (κ2) is 7.08. The fourth-order valence-corrected chi connectivity index (χ4v) is 4.69. The van der Waals surface area contributed by atoms with Crippen molar-refractivity contribution in [1.29, 1.82) is 0 Å². The molecule has 3 aliphatic rings. The number of hydrogen-bond donors (Lipinski definition) is 0. The van der Waals surface area contributed by atoms with Crippen LogP contribution in [0.4, 0.5) is 0 Å². The van der Waals surface area contributed by atoms with Crippen LogP contribution < -0.4 is 0 Å². The van der Waals surface area contributed by atoms with Gasteiger partial charge in [-0.25, -0.2) is 0 Å². The summed E-state index contributed by atoms with van der Waals surface area (Å²) in [4.78, 5) is 15.1. The predicted molar refractivity (Wildman–Crippen MR) is 96.1 cm³/mol. The standard InChI is InChI=1S/C21H29NO3/c1-21(15-24-20(23)18-13-17-9-10-19(18)25-17)11-5-6-12-22(21)14-16-7-3-2-4-8-16/h2-4,7-8,17-19H,5-6,9-15H2,1H3. The van der Waals surface area contributed by atoms with Crippen LogP contribution in [0, 0.1) is 5.92 Å². The van der Waals surface area contributed by atoms with Crippen LogP contribution in [0.3, 0.4) is 0 Å². The lowest BCUT2D eigenvalue weighted by Crippen LogP contribution is -2.52. The Labute approximate surface area is 150 Å². The van der Waals surface area contributed by atoms with E-state index in [1.54, 1.807) is 0 Å². The quantitative estimate of drug-likeness (QED) is 0.767. The molecular formula is C21H29NO3. The van der Waals surface area contributed by atoms with Gasteiger partial charge in [0.1, 0.15) is 6.61 Å². The van der Waals surface area contributed by atoms with E-state index in [0.717, 1.165) is 38.8 Å². The highest BCUT2D eigenvalue weighted by atomic mass is 16.5. The Morgan fingerprint density at radius 2 is 2.12 bits per heavy atom. The largest absolute Gasteiger partial charge is 0.463 e. The molecule has 0 saturated carbocycles. The topological polar surface area (TPSA) is 38.8 Å². The Kier molecular flexibility index (Phi) is 4.83. The summed E-state index contributed by atoms with van der Waals surface area (Å²) in [7, 11) is 0. The first-order valence-corrected chi connectivity index (χ1v) is 9.75. The second-order valence-electron chi connectivity index (χ2n) is 8.19. The maximum Gasteiger partial charge on any atom is 0.311 e. The van der Waals surface area contributed by atoms with Gasteiger partial charge in [0.05, 0.1) is 23.7 Å². The van der Waals surface area contributed by atoms with E-state index >= 15 is 0 Å². The first-order chi connectivity index (χ1) is 12.1. The molecular weight excluding hydrogens is 314 g/mol. The van der Waals surface area contributed by atoms with E-state index in [2.05, 4.69) is 42.2 Å². The van der Waals surface area contributed by atoms with E-state index in [1.165, 1.54) is 18.4 Å². The van der Waals surface area contributed by atoms with Crippen LogP contribution in [0.15, 0.2) is 30.3 Å². The molecule has 3 heterocycles. The minimum Gasteiger partial charge on any atom is -0.463 e. The fraction of sp³-hybridized carbons (Fsp3) is 0.667. The number of nitrogens with zero attached hydrogens (tertiary/aromatic N) is 1. The Bertz CT molecular complexity index is 604. The first-order valence-electron chi connectivity index (χ1n) is 9.75. The molecule has 0 amide bonds. The zero-order chi connectivity index (χ0) is 17.3. The van der Waals surface area contributed by atoms with Crippen molar-refractivity contribution >= 4 is 5.97 Å². The highest BCUT2D eigenvalue weighted by Gasteiger charge is 2.46. The van der Waals surface area contributed by atoms with Crippen molar-refractivity contribution in [2.45, 2.75) is 69.7 Å². The van der Waals surface area contributed by atoms with Gasteiger partial charge in [-0.2, -0.15) is 0 Å². The number of piperidine rings is 1. The van der Waals surface area contributed by atoms with Crippen molar-refractivity contribution in [3.63, 3.8) is 0 Å². The van der Waals surface area contributed by atoms with E-state index in [-0.39, 0.29) is 23.5 Å². The number of likely N-dealkylation sites (tertiary alicyclic amines) is 1. The van der Waals surface area contributed by atoms with Gasteiger partial charge in [-0.15, -0.1) is 0 Å². The number of ether oxygens (including phenoxy) is 2. The summed E-state index contributed by atoms with van der Waals surface area (Å²) in [6.45, 7) is 4.73. The van der Waals surface area contributed by atoms with Crippen LogP contribution in [0.5, 0.6) is 0 Å². The van der Waals surface area contributed by atoms with E-state index in [1.807, 2.05) is 0 Å². The molecule has 4 atom stereocenters. The summed E-state index contributed by atoms with van der Waals surface area (Å²) in [6, 6.07) is 10.6. The number of fused-ring (bicyclic) bond motifs is 2. The molecule has 3 fully saturated rings. The summed E-state index contributed by atoms with van der Waals surface area (Å²) in [6.07, 6.45) is 6.89. The molecule has 0 radical (unpaired) electrons. The van der Waals surface area contributed by atoms with E-state index in [4.69, 9.17) is 9.47 Å². The molecule has 25 heavy (non-hydrogen) atoms. The molecule has 0 spiro atoms. The van der Waals surface area contributed by atoms with Gasteiger partial charge in [-0.05, 0) is 51.1 Å². The van der Waals surface area contributed by atoms with Gasteiger partial charge in [-0.1, -0.05) is 36.8 Å². The molecule has 1 aromatic rings. The molecule has 3 saturated heterocycles. The lowest BCUT2D eigenvalue weighted by molar-refractivity contribution is -0.155. The van der Waals surface area contributed by atoms with Crippen LogP contribution in [-0.4, -0.2) is 41.8 Å². The Balaban J connectivity index is 1.37. The third-order valence-electron chi connectivity index (χ3n) is 6.31. The summed E-state index contributed by atoms with van der Waals surface area (Å²) in [5.74, 6) is -0.0767. The van der Waals surface area contributed by atoms with Crippen LogP contribution in [0.1, 0.15) is 51.0 Å². The van der Waals surface area contributed by atoms with Crippen LogP contribution in [0.25, 0.3) is 0 Å². The van der Waals surface area contributed by atoms with Crippen molar-refractivity contribution in [3.05, 3.63) is 35.9 Å². The van der Waals surface area contributed by atoms with Crippen LogP contribution in [0.2, 0.25) is 0 Å². The Morgan fingerprint density at radius 3 is 2.84 bits per heavy atom. The lowest BCUT2D eigenvalue weighted by Gasteiger charge is -2.44. The van der Waals surface area contributed by atoms with Gasteiger partial charge in [0, 0.05) is 6.54 Å². The average Bonchev–Trinajstić information content (AvgIpc) is 3.26. The molecule has 136 valence electrons.